The molecule has 5 nitrogen and oxygen atoms in total. The molecule has 1 aromatic rings. The molecule has 23 heavy (non-hydrogen) atoms. The summed E-state index contributed by atoms with van der Waals surface area (Å²) < 4.78 is 5.74. The number of benzene rings is 1. The van der Waals surface area contributed by atoms with E-state index in [0.29, 0.717) is 12.1 Å². The van der Waals surface area contributed by atoms with Crippen molar-refractivity contribution in [2.24, 2.45) is 0 Å². The zero-order valence-electron chi connectivity index (χ0n) is 13.8. The molecule has 3 aliphatic rings. The molecule has 2 heterocycles. The first-order valence-corrected chi connectivity index (χ1v) is 8.59. The molecular formula is C18H25N3O2. The number of ether oxygens (including phenoxy) is 1. The molecule has 124 valence electrons. The molecule has 0 radical (unpaired) electrons. The van der Waals surface area contributed by atoms with E-state index >= 15 is 0 Å². The quantitative estimate of drug-likeness (QED) is 0.880. The normalized spacial score (nSPS) is 35.9. The maximum atomic E-state index is 12.6. The molecule has 2 saturated heterocycles. The minimum atomic E-state index is -0.503. The van der Waals surface area contributed by atoms with Crippen molar-refractivity contribution >= 4 is 6.09 Å². The van der Waals surface area contributed by atoms with Gasteiger partial charge in [0.2, 0.25) is 0 Å². The van der Waals surface area contributed by atoms with Gasteiger partial charge in [0.1, 0.15) is 5.60 Å². The second-order valence-electron chi connectivity index (χ2n) is 7.46. The maximum Gasteiger partial charge on any atom is 0.411 e. The second-order valence-corrected chi connectivity index (χ2v) is 7.46. The number of fused-ring (bicyclic) bond motifs is 1. The highest BCUT2D eigenvalue weighted by atomic mass is 16.6. The first-order chi connectivity index (χ1) is 11.1. The van der Waals surface area contributed by atoms with Crippen LogP contribution in [0.1, 0.15) is 44.7 Å². The third-order valence-electron chi connectivity index (χ3n) is 5.56. The van der Waals surface area contributed by atoms with Gasteiger partial charge in [0, 0.05) is 24.8 Å². The summed E-state index contributed by atoms with van der Waals surface area (Å²) >= 11 is 0. The molecule has 1 aromatic carbocycles. The fourth-order valence-corrected chi connectivity index (χ4v) is 4.52. The van der Waals surface area contributed by atoms with Gasteiger partial charge in [-0.1, -0.05) is 30.3 Å². The highest BCUT2D eigenvalue weighted by molar-refractivity contribution is 5.72. The summed E-state index contributed by atoms with van der Waals surface area (Å²) in [6.07, 6.45) is 2.96. The standard InChI is InChI=1S/C18H25N3O2/c1-18(2)16(12-6-4-3-5-7-12)21(17(22)23-18)13-8-9-14-15(10-13)20-11-19-14/h3-7,13-16,19-20H,8-11H2,1-2H3/t13?,14?,15?,16-/m0/s1. The first kappa shape index (κ1) is 15.0. The highest BCUT2D eigenvalue weighted by Crippen LogP contribution is 2.44. The van der Waals surface area contributed by atoms with Crippen LogP contribution in [0.2, 0.25) is 0 Å². The molecule has 2 N–H and O–H groups in total. The molecule has 1 amide bonds. The summed E-state index contributed by atoms with van der Waals surface area (Å²) in [7, 11) is 0. The van der Waals surface area contributed by atoms with Crippen molar-refractivity contribution in [3.05, 3.63) is 35.9 Å². The molecule has 3 fully saturated rings. The lowest BCUT2D eigenvalue weighted by Gasteiger charge is -2.39. The van der Waals surface area contributed by atoms with Crippen molar-refractivity contribution in [1.29, 1.82) is 0 Å². The van der Waals surface area contributed by atoms with E-state index in [9.17, 15) is 4.79 Å². The maximum absolute atomic E-state index is 12.6. The Kier molecular flexibility index (Phi) is 3.58. The molecular weight excluding hydrogens is 290 g/mol. The average Bonchev–Trinajstić information content (AvgIpc) is 3.08. The van der Waals surface area contributed by atoms with E-state index in [1.807, 2.05) is 36.9 Å². The molecule has 0 aromatic heterocycles. The zero-order valence-corrected chi connectivity index (χ0v) is 13.8. The summed E-state index contributed by atoms with van der Waals surface area (Å²) in [5, 5.41) is 7.01. The molecule has 2 aliphatic heterocycles. The third kappa shape index (κ3) is 2.52. The summed E-state index contributed by atoms with van der Waals surface area (Å²) in [5.74, 6) is 0. The Labute approximate surface area is 137 Å². The van der Waals surface area contributed by atoms with Crippen LogP contribution in [0.15, 0.2) is 30.3 Å². The van der Waals surface area contributed by atoms with Gasteiger partial charge < -0.3 is 15.4 Å². The van der Waals surface area contributed by atoms with Crippen LogP contribution in [-0.4, -0.2) is 41.4 Å². The van der Waals surface area contributed by atoms with E-state index in [1.165, 1.54) is 0 Å². The Morgan fingerprint density at radius 1 is 1.13 bits per heavy atom. The van der Waals surface area contributed by atoms with Gasteiger partial charge in [0.05, 0.1) is 6.04 Å². The van der Waals surface area contributed by atoms with Gasteiger partial charge in [-0.15, -0.1) is 0 Å². The van der Waals surface area contributed by atoms with Gasteiger partial charge in [0.25, 0.3) is 0 Å². The Hall–Kier alpha value is -1.59. The van der Waals surface area contributed by atoms with Gasteiger partial charge in [-0.05, 0) is 38.7 Å². The number of cyclic esters (lactones) is 1. The Morgan fingerprint density at radius 3 is 2.65 bits per heavy atom. The summed E-state index contributed by atoms with van der Waals surface area (Å²) in [6, 6.07) is 11.5. The smallest absolute Gasteiger partial charge is 0.411 e. The number of hydrogen-bond acceptors (Lipinski definition) is 4. The second kappa shape index (κ2) is 5.49. The number of rotatable bonds is 2. The van der Waals surface area contributed by atoms with E-state index in [-0.39, 0.29) is 18.2 Å². The van der Waals surface area contributed by atoms with Crippen LogP contribution < -0.4 is 10.6 Å². The van der Waals surface area contributed by atoms with E-state index < -0.39 is 5.60 Å². The largest absolute Gasteiger partial charge is 0.441 e. The van der Waals surface area contributed by atoms with Crippen LogP contribution in [0.5, 0.6) is 0 Å². The van der Waals surface area contributed by atoms with Gasteiger partial charge in [-0.25, -0.2) is 4.79 Å². The van der Waals surface area contributed by atoms with Crippen molar-refractivity contribution in [2.45, 2.75) is 62.9 Å². The summed E-state index contributed by atoms with van der Waals surface area (Å²) in [5.41, 5.74) is 0.652. The predicted octanol–water partition coefficient (Wildman–Crippen LogP) is 2.40. The topological polar surface area (TPSA) is 53.6 Å². The van der Waals surface area contributed by atoms with Crippen molar-refractivity contribution in [1.82, 2.24) is 15.5 Å². The predicted molar refractivity (Wildman–Crippen MR) is 87.9 cm³/mol. The lowest BCUT2D eigenvalue weighted by atomic mass is 9.84. The first-order valence-electron chi connectivity index (χ1n) is 8.59. The number of carbonyl (C=O) groups is 1. The van der Waals surface area contributed by atoms with E-state index in [2.05, 4.69) is 22.8 Å². The van der Waals surface area contributed by atoms with E-state index in [0.717, 1.165) is 31.5 Å². The molecule has 1 saturated carbocycles. The molecule has 4 atom stereocenters. The Morgan fingerprint density at radius 2 is 1.87 bits per heavy atom. The van der Waals surface area contributed by atoms with Crippen LogP contribution in [0.4, 0.5) is 4.79 Å². The van der Waals surface area contributed by atoms with Crippen molar-refractivity contribution in [3.8, 4) is 0 Å². The number of hydrogen-bond donors (Lipinski definition) is 2. The van der Waals surface area contributed by atoms with Gasteiger partial charge in [0.15, 0.2) is 0 Å². The minimum absolute atomic E-state index is 0.0212. The number of nitrogens with zero attached hydrogens (tertiary/aromatic N) is 1. The fraction of sp³-hybridized carbons (Fsp3) is 0.611. The van der Waals surface area contributed by atoms with Crippen molar-refractivity contribution in [2.75, 3.05) is 6.67 Å². The van der Waals surface area contributed by atoms with Crippen LogP contribution in [0, 0.1) is 0 Å². The number of carbonyl (C=O) groups excluding carboxylic acids is 1. The zero-order chi connectivity index (χ0) is 16.0. The highest BCUT2D eigenvalue weighted by Gasteiger charge is 2.52. The van der Waals surface area contributed by atoms with Gasteiger partial charge >= 0.3 is 6.09 Å². The lowest BCUT2D eigenvalue weighted by molar-refractivity contribution is 0.0661. The van der Waals surface area contributed by atoms with Gasteiger partial charge in [-0.3, -0.25) is 4.90 Å². The lowest BCUT2D eigenvalue weighted by Crippen LogP contribution is -2.49. The SMILES string of the molecule is CC1(C)OC(=O)N(C2CCC3NCNC3C2)[C@H]1c1ccccc1. The van der Waals surface area contributed by atoms with Crippen molar-refractivity contribution in [3.63, 3.8) is 0 Å². The van der Waals surface area contributed by atoms with E-state index in [1.54, 1.807) is 0 Å². The monoisotopic (exact) mass is 315 g/mol. The minimum Gasteiger partial charge on any atom is -0.441 e. The fourth-order valence-electron chi connectivity index (χ4n) is 4.52. The van der Waals surface area contributed by atoms with Crippen LogP contribution in [-0.2, 0) is 4.74 Å². The van der Waals surface area contributed by atoms with Crippen LogP contribution in [0.25, 0.3) is 0 Å². The molecule has 4 rings (SSSR count). The van der Waals surface area contributed by atoms with Gasteiger partial charge in [-0.2, -0.15) is 0 Å². The third-order valence-corrected chi connectivity index (χ3v) is 5.56. The summed E-state index contributed by atoms with van der Waals surface area (Å²) in [4.78, 5) is 14.6. The Balaban J connectivity index is 1.64. The van der Waals surface area contributed by atoms with E-state index in [4.69, 9.17) is 4.74 Å². The molecule has 3 unspecified atom stereocenters. The molecule has 5 heteroatoms. The van der Waals surface area contributed by atoms with Crippen LogP contribution in [0.3, 0.4) is 0 Å². The van der Waals surface area contributed by atoms with Crippen molar-refractivity contribution < 1.29 is 9.53 Å². The number of nitrogens with one attached hydrogen (secondary N) is 2. The Bertz CT molecular complexity index is 589. The average molecular weight is 315 g/mol. The molecule has 0 spiro atoms. The summed E-state index contributed by atoms with van der Waals surface area (Å²) in [6.45, 7) is 4.91. The molecule has 1 aliphatic carbocycles. The molecule has 0 bridgehead atoms. The number of amides is 1. The van der Waals surface area contributed by atoms with Crippen LogP contribution >= 0.6 is 0 Å².